The van der Waals surface area contributed by atoms with Crippen LogP contribution in [0.15, 0.2) is 54.6 Å². The van der Waals surface area contributed by atoms with Gasteiger partial charge in [0.15, 0.2) is 0 Å². The highest BCUT2D eigenvalue weighted by Gasteiger charge is 2.30. The average molecular weight is 338 g/mol. The summed E-state index contributed by atoms with van der Waals surface area (Å²) in [5.74, 6) is -0.0908. The lowest BCUT2D eigenvalue weighted by Gasteiger charge is -2.39. The molecule has 1 saturated heterocycles. The minimum absolute atomic E-state index is 0.0133. The molecule has 132 valence electrons. The second-order valence-electron chi connectivity index (χ2n) is 7.30. The molecular formula is C21H26N2O2. The van der Waals surface area contributed by atoms with Crippen molar-refractivity contribution in [3.8, 4) is 0 Å². The summed E-state index contributed by atoms with van der Waals surface area (Å²) in [6.07, 6.45) is 2.17. The van der Waals surface area contributed by atoms with Crippen LogP contribution in [0.2, 0.25) is 0 Å². The molecule has 1 fully saturated rings. The maximum Gasteiger partial charge on any atom is 0.255 e. The second kappa shape index (κ2) is 7.81. The Morgan fingerprint density at radius 1 is 1.20 bits per heavy atom. The zero-order valence-corrected chi connectivity index (χ0v) is 14.7. The zero-order valence-electron chi connectivity index (χ0n) is 14.7. The quantitative estimate of drug-likeness (QED) is 0.877. The van der Waals surface area contributed by atoms with Gasteiger partial charge in [0, 0.05) is 36.4 Å². The lowest BCUT2D eigenvalue weighted by Crippen LogP contribution is -2.43. The van der Waals surface area contributed by atoms with Gasteiger partial charge in [-0.05, 0) is 49.2 Å². The molecule has 2 aromatic rings. The van der Waals surface area contributed by atoms with Crippen molar-refractivity contribution in [1.29, 1.82) is 0 Å². The molecule has 2 aromatic carbocycles. The number of aliphatic hydroxyl groups excluding tert-OH is 1. The highest BCUT2D eigenvalue weighted by Crippen LogP contribution is 2.29. The van der Waals surface area contributed by atoms with Crippen molar-refractivity contribution >= 4 is 11.6 Å². The summed E-state index contributed by atoms with van der Waals surface area (Å²) in [6, 6.07) is 17.3. The number of para-hydroxylation sites is 1. The minimum atomic E-state index is -0.0908. The van der Waals surface area contributed by atoms with Crippen LogP contribution < -0.4 is 5.32 Å². The van der Waals surface area contributed by atoms with Crippen molar-refractivity contribution in [1.82, 2.24) is 4.90 Å². The first-order valence-electron chi connectivity index (χ1n) is 8.87. The number of likely N-dealkylation sites (tertiary alicyclic amines) is 1. The standard InChI is InChI=1S/C21H26N2O2/c1-21(16-24)11-6-12-23(15-21)14-17-7-5-8-18(13-17)20(25)22-19-9-3-2-4-10-19/h2-5,7-10,13,24H,6,11-12,14-16H2,1H3,(H,22,25). The molecule has 0 aromatic heterocycles. The maximum absolute atomic E-state index is 12.5. The van der Waals surface area contributed by atoms with E-state index in [-0.39, 0.29) is 17.9 Å². The van der Waals surface area contributed by atoms with Crippen LogP contribution >= 0.6 is 0 Å². The fourth-order valence-electron chi connectivity index (χ4n) is 3.49. The van der Waals surface area contributed by atoms with Crippen LogP contribution in [-0.2, 0) is 6.54 Å². The Balaban J connectivity index is 1.66. The smallest absolute Gasteiger partial charge is 0.255 e. The summed E-state index contributed by atoms with van der Waals surface area (Å²) < 4.78 is 0. The van der Waals surface area contributed by atoms with E-state index < -0.39 is 0 Å². The fourth-order valence-corrected chi connectivity index (χ4v) is 3.49. The number of rotatable bonds is 5. The van der Waals surface area contributed by atoms with Crippen LogP contribution in [-0.4, -0.2) is 35.6 Å². The third kappa shape index (κ3) is 4.68. The number of carbonyl (C=O) groups excluding carboxylic acids is 1. The number of hydrogen-bond donors (Lipinski definition) is 2. The van der Waals surface area contributed by atoms with E-state index in [2.05, 4.69) is 23.2 Å². The van der Waals surface area contributed by atoms with Gasteiger partial charge in [0.05, 0.1) is 0 Å². The van der Waals surface area contributed by atoms with Gasteiger partial charge in [-0.15, -0.1) is 0 Å². The number of piperidine rings is 1. The molecule has 1 aliphatic rings. The van der Waals surface area contributed by atoms with Gasteiger partial charge >= 0.3 is 0 Å². The molecule has 0 spiro atoms. The number of hydrogen-bond acceptors (Lipinski definition) is 3. The Hall–Kier alpha value is -2.17. The molecule has 2 N–H and O–H groups in total. The summed E-state index contributed by atoms with van der Waals surface area (Å²) in [4.78, 5) is 14.8. The fraction of sp³-hybridized carbons (Fsp3) is 0.381. The summed E-state index contributed by atoms with van der Waals surface area (Å²) in [5, 5.41) is 12.5. The van der Waals surface area contributed by atoms with Crippen molar-refractivity contribution in [3.63, 3.8) is 0 Å². The summed E-state index contributed by atoms with van der Waals surface area (Å²) in [5.41, 5.74) is 2.58. The molecule has 1 atom stereocenters. The number of carbonyl (C=O) groups is 1. The number of anilines is 1. The molecule has 25 heavy (non-hydrogen) atoms. The van der Waals surface area contributed by atoms with Crippen LogP contribution in [0.3, 0.4) is 0 Å². The molecular weight excluding hydrogens is 312 g/mol. The van der Waals surface area contributed by atoms with Gasteiger partial charge in [-0.3, -0.25) is 9.69 Å². The monoisotopic (exact) mass is 338 g/mol. The van der Waals surface area contributed by atoms with Crippen molar-refractivity contribution in [2.45, 2.75) is 26.3 Å². The topological polar surface area (TPSA) is 52.6 Å². The Morgan fingerprint density at radius 3 is 2.76 bits per heavy atom. The van der Waals surface area contributed by atoms with Crippen molar-refractivity contribution in [2.24, 2.45) is 5.41 Å². The van der Waals surface area contributed by atoms with Crippen molar-refractivity contribution in [3.05, 3.63) is 65.7 Å². The molecule has 0 saturated carbocycles. The third-order valence-corrected chi connectivity index (χ3v) is 4.87. The van der Waals surface area contributed by atoms with Gasteiger partial charge in [0.25, 0.3) is 5.91 Å². The van der Waals surface area contributed by atoms with E-state index in [4.69, 9.17) is 0 Å². The SMILES string of the molecule is CC1(CO)CCCN(Cc2cccc(C(=O)Nc3ccccc3)c2)C1. The Labute approximate surface area is 149 Å². The summed E-state index contributed by atoms with van der Waals surface area (Å²) in [6.45, 7) is 5.11. The first-order valence-corrected chi connectivity index (χ1v) is 8.87. The zero-order chi connectivity index (χ0) is 17.7. The van der Waals surface area contributed by atoms with Gasteiger partial charge in [-0.25, -0.2) is 0 Å². The van der Waals surface area contributed by atoms with Crippen LogP contribution in [0.4, 0.5) is 5.69 Å². The Morgan fingerprint density at radius 2 is 2.00 bits per heavy atom. The summed E-state index contributed by atoms with van der Waals surface area (Å²) in [7, 11) is 0. The molecule has 0 radical (unpaired) electrons. The van der Waals surface area contributed by atoms with E-state index in [0.717, 1.165) is 43.7 Å². The molecule has 1 heterocycles. The van der Waals surface area contributed by atoms with Crippen molar-refractivity contribution in [2.75, 3.05) is 25.0 Å². The van der Waals surface area contributed by atoms with E-state index in [0.29, 0.717) is 5.56 Å². The second-order valence-corrected chi connectivity index (χ2v) is 7.30. The van der Waals surface area contributed by atoms with E-state index >= 15 is 0 Å². The highest BCUT2D eigenvalue weighted by molar-refractivity contribution is 6.04. The lowest BCUT2D eigenvalue weighted by molar-refractivity contribution is 0.0429. The lowest BCUT2D eigenvalue weighted by atomic mass is 9.82. The predicted octanol–water partition coefficient (Wildman–Crippen LogP) is 3.53. The molecule has 3 rings (SSSR count). The third-order valence-electron chi connectivity index (χ3n) is 4.87. The van der Waals surface area contributed by atoms with Gasteiger partial charge in [-0.2, -0.15) is 0 Å². The molecule has 0 aliphatic carbocycles. The molecule has 0 bridgehead atoms. The van der Waals surface area contributed by atoms with Crippen LogP contribution in [0.25, 0.3) is 0 Å². The molecule has 1 amide bonds. The van der Waals surface area contributed by atoms with E-state index in [1.54, 1.807) is 0 Å². The highest BCUT2D eigenvalue weighted by atomic mass is 16.3. The van der Waals surface area contributed by atoms with E-state index in [9.17, 15) is 9.90 Å². The first kappa shape index (κ1) is 17.6. The first-order chi connectivity index (χ1) is 12.1. The number of amides is 1. The normalized spacial score (nSPS) is 21.0. The minimum Gasteiger partial charge on any atom is -0.396 e. The van der Waals surface area contributed by atoms with Crippen molar-refractivity contribution < 1.29 is 9.90 Å². The average Bonchev–Trinajstić information content (AvgIpc) is 2.63. The van der Waals surface area contributed by atoms with Crippen LogP contribution in [0.5, 0.6) is 0 Å². The number of nitrogens with zero attached hydrogens (tertiary/aromatic N) is 1. The number of aliphatic hydroxyl groups is 1. The van der Waals surface area contributed by atoms with Gasteiger partial charge in [0.1, 0.15) is 0 Å². The van der Waals surface area contributed by atoms with Crippen LogP contribution in [0.1, 0.15) is 35.7 Å². The number of benzene rings is 2. The van der Waals surface area contributed by atoms with Gasteiger partial charge in [0.2, 0.25) is 0 Å². The maximum atomic E-state index is 12.5. The van der Waals surface area contributed by atoms with E-state index in [1.165, 1.54) is 0 Å². The molecule has 1 aliphatic heterocycles. The summed E-state index contributed by atoms with van der Waals surface area (Å²) >= 11 is 0. The largest absolute Gasteiger partial charge is 0.396 e. The number of nitrogens with one attached hydrogen (secondary N) is 1. The van der Waals surface area contributed by atoms with Crippen LogP contribution in [0, 0.1) is 5.41 Å². The molecule has 4 nitrogen and oxygen atoms in total. The Kier molecular flexibility index (Phi) is 5.51. The van der Waals surface area contributed by atoms with Gasteiger partial charge in [-0.1, -0.05) is 37.3 Å². The molecule has 1 unspecified atom stereocenters. The van der Waals surface area contributed by atoms with Gasteiger partial charge < -0.3 is 10.4 Å². The molecule has 4 heteroatoms. The predicted molar refractivity (Wildman–Crippen MR) is 101 cm³/mol. The Bertz CT molecular complexity index is 717. The van der Waals surface area contributed by atoms with E-state index in [1.807, 2.05) is 48.5 Å².